The highest BCUT2D eigenvalue weighted by molar-refractivity contribution is 6.47. The van der Waals surface area contributed by atoms with Gasteiger partial charge in [0.2, 0.25) is 0 Å². The van der Waals surface area contributed by atoms with Gasteiger partial charge in [-0.2, -0.15) is 0 Å². The molecule has 2 aromatic carbocycles. The predicted molar refractivity (Wildman–Crippen MR) is 106 cm³/mol. The van der Waals surface area contributed by atoms with Crippen LogP contribution in [0.1, 0.15) is 30.0 Å². The topological polar surface area (TPSA) is 66.8 Å². The second-order valence-electron chi connectivity index (χ2n) is 7.11. The molecule has 2 fully saturated rings. The summed E-state index contributed by atoms with van der Waals surface area (Å²) in [7, 11) is 0. The first-order chi connectivity index (χ1) is 14.0. The lowest BCUT2D eigenvalue weighted by Gasteiger charge is -2.28. The molecule has 2 unspecified atom stereocenters. The van der Waals surface area contributed by atoms with Crippen molar-refractivity contribution in [2.75, 3.05) is 13.2 Å². The van der Waals surface area contributed by atoms with Crippen LogP contribution in [0.5, 0.6) is 0 Å². The third-order valence-electron chi connectivity index (χ3n) is 5.28. The summed E-state index contributed by atoms with van der Waals surface area (Å²) in [6, 6.07) is 11.1. The summed E-state index contributed by atoms with van der Waals surface area (Å²) in [5, 5.41) is 11.3. The van der Waals surface area contributed by atoms with Gasteiger partial charge in [-0.1, -0.05) is 29.8 Å². The maximum atomic E-state index is 13.3. The average Bonchev–Trinajstić information content (AvgIpc) is 3.31. The van der Waals surface area contributed by atoms with Gasteiger partial charge in [0.15, 0.2) is 0 Å². The van der Waals surface area contributed by atoms with Crippen LogP contribution in [-0.4, -0.2) is 41.0 Å². The summed E-state index contributed by atoms with van der Waals surface area (Å²) < 4.78 is 18.9. The number of nitrogens with zero attached hydrogens (tertiary/aromatic N) is 1. The quantitative estimate of drug-likeness (QED) is 0.464. The van der Waals surface area contributed by atoms with Crippen molar-refractivity contribution in [1.29, 1.82) is 0 Å². The Morgan fingerprint density at radius 1 is 1.17 bits per heavy atom. The molecule has 2 aliphatic rings. The lowest BCUT2D eigenvalue weighted by atomic mass is 9.95. The van der Waals surface area contributed by atoms with Gasteiger partial charge >= 0.3 is 0 Å². The third kappa shape index (κ3) is 3.66. The highest BCUT2D eigenvalue weighted by Gasteiger charge is 2.47. The normalized spacial score (nSPS) is 23.7. The van der Waals surface area contributed by atoms with E-state index < -0.39 is 23.5 Å². The fourth-order valence-electron chi connectivity index (χ4n) is 3.86. The molecular formula is C22H19ClFNO4. The molecule has 1 N–H and O–H groups in total. The molecule has 2 saturated heterocycles. The van der Waals surface area contributed by atoms with E-state index in [-0.39, 0.29) is 29.5 Å². The number of hydrogen-bond donors (Lipinski definition) is 1. The van der Waals surface area contributed by atoms with Crippen LogP contribution in [0.2, 0.25) is 5.02 Å². The standard InChI is InChI=1S/C22H19ClFNO4/c23-17-6-2-1-5-16(17)19-18(20(26)13-7-9-14(24)10-8-13)21(27)22(28)25(19)12-15-4-3-11-29-15/h1-2,5-10,15,19,26H,3-4,11-12H2/b20-18-. The van der Waals surface area contributed by atoms with Gasteiger partial charge in [-0.25, -0.2) is 4.39 Å². The maximum absolute atomic E-state index is 13.3. The minimum Gasteiger partial charge on any atom is -0.507 e. The van der Waals surface area contributed by atoms with E-state index in [1.807, 2.05) is 0 Å². The number of likely N-dealkylation sites (tertiary alicyclic amines) is 1. The molecule has 7 heteroatoms. The molecule has 2 heterocycles. The molecule has 0 spiro atoms. The predicted octanol–water partition coefficient (Wildman–Crippen LogP) is 4.08. The first kappa shape index (κ1) is 19.6. The Morgan fingerprint density at radius 3 is 2.55 bits per heavy atom. The van der Waals surface area contributed by atoms with E-state index in [0.717, 1.165) is 12.8 Å². The van der Waals surface area contributed by atoms with Crippen LogP contribution in [0.15, 0.2) is 54.1 Å². The SMILES string of the molecule is O=C1C(=O)N(CC2CCCO2)C(c2ccccc2Cl)/C1=C(/O)c1ccc(F)cc1. The fraction of sp³-hybridized carbons (Fsp3) is 0.273. The Balaban J connectivity index is 1.84. The lowest BCUT2D eigenvalue weighted by molar-refractivity contribution is -0.140. The summed E-state index contributed by atoms with van der Waals surface area (Å²) >= 11 is 6.38. The molecular weight excluding hydrogens is 397 g/mol. The van der Waals surface area contributed by atoms with Gasteiger partial charge in [0, 0.05) is 23.7 Å². The first-order valence-corrected chi connectivity index (χ1v) is 9.75. The monoisotopic (exact) mass is 415 g/mol. The third-order valence-corrected chi connectivity index (χ3v) is 5.63. The Morgan fingerprint density at radius 2 is 1.90 bits per heavy atom. The molecule has 2 aliphatic heterocycles. The van der Waals surface area contributed by atoms with Crippen LogP contribution in [0.25, 0.3) is 5.76 Å². The Labute approximate surface area is 172 Å². The van der Waals surface area contributed by atoms with E-state index in [1.165, 1.54) is 29.2 Å². The Bertz CT molecular complexity index is 983. The number of carbonyl (C=O) groups is 2. The maximum Gasteiger partial charge on any atom is 0.295 e. The molecule has 1 amide bonds. The molecule has 5 nitrogen and oxygen atoms in total. The molecule has 0 saturated carbocycles. The van der Waals surface area contributed by atoms with Crippen molar-refractivity contribution < 1.29 is 23.8 Å². The second kappa shape index (κ2) is 7.97. The van der Waals surface area contributed by atoms with Crippen molar-refractivity contribution in [2.45, 2.75) is 25.0 Å². The van der Waals surface area contributed by atoms with Crippen LogP contribution in [-0.2, 0) is 14.3 Å². The minimum atomic E-state index is -0.849. The number of rotatable bonds is 4. The summed E-state index contributed by atoms with van der Waals surface area (Å²) in [5.41, 5.74) is 0.723. The van der Waals surface area contributed by atoms with Gasteiger partial charge < -0.3 is 14.7 Å². The molecule has 4 rings (SSSR count). The second-order valence-corrected chi connectivity index (χ2v) is 7.52. The van der Waals surface area contributed by atoms with Crippen molar-refractivity contribution in [3.63, 3.8) is 0 Å². The summed E-state index contributed by atoms with van der Waals surface area (Å²) in [5.74, 6) is -2.34. The van der Waals surface area contributed by atoms with E-state index in [0.29, 0.717) is 17.2 Å². The van der Waals surface area contributed by atoms with Crippen molar-refractivity contribution in [3.05, 3.63) is 76.1 Å². The van der Waals surface area contributed by atoms with Gasteiger partial charge in [-0.15, -0.1) is 0 Å². The average molecular weight is 416 g/mol. The van der Waals surface area contributed by atoms with Crippen LogP contribution < -0.4 is 0 Å². The van der Waals surface area contributed by atoms with E-state index in [2.05, 4.69) is 0 Å². The van der Waals surface area contributed by atoms with Gasteiger partial charge in [0.25, 0.3) is 11.7 Å². The molecule has 150 valence electrons. The van der Waals surface area contributed by atoms with Crippen molar-refractivity contribution >= 4 is 29.1 Å². The van der Waals surface area contributed by atoms with Crippen molar-refractivity contribution in [3.8, 4) is 0 Å². The Kier molecular flexibility index (Phi) is 5.39. The van der Waals surface area contributed by atoms with Gasteiger partial charge in [-0.3, -0.25) is 9.59 Å². The number of amides is 1. The summed E-state index contributed by atoms with van der Waals surface area (Å²) in [6.45, 7) is 0.835. The molecule has 29 heavy (non-hydrogen) atoms. The summed E-state index contributed by atoms with van der Waals surface area (Å²) in [6.07, 6.45) is 1.50. The Hall–Kier alpha value is -2.70. The highest BCUT2D eigenvalue weighted by atomic mass is 35.5. The number of halogens is 2. The van der Waals surface area contributed by atoms with Gasteiger partial charge in [0.05, 0.1) is 17.7 Å². The van der Waals surface area contributed by atoms with Gasteiger partial charge in [-0.05, 0) is 48.7 Å². The number of carbonyl (C=O) groups excluding carboxylic acids is 2. The van der Waals surface area contributed by atoms with E-state index >= 15 is 0 Å². The summed E-state index contributed by atoms with van der Waals surface area (Å²) in [4.78, 5) is 27.2. The molecule has 0 aliphatic carbocycles. The number of Topliss-reactive ketones (excluding diaryl/α,β-unsaturated/α-hetero) is 1. The molecule has 0 aromatic heterocycles. The van der Waals surface area contributed by atoms with Crippen molar-refractivity contribution in [1.82, 2.24) is 4.90 Å². The number of aliphatic hydroxyl groups is 1. The highest BCUT2D eigenvalue weighted by Crippen LogP contribution is 2.42. The molecule has 2 atom stereocenters. The molecule has 2 aromatic rings. The molecule has 0 radical (unpaired) electrons. The lowest BCUT2D eigenvalue weighted by Crippen LogP contribution is -2.36. The fourth-order valence-corrected chi connectivity index (χ4v) is 4.10. The van der Waals surface area contributed by atoms with E-state index in [9.17, 15) is 19.1 Å². The number of ether oxygens (including phenoxy) is 1. The zero-order valence-electron chi connectivity index (χ0n) is 15.5. The van der Waals surface area contributed by atoms with Crippen LogP contribution in [0, 0.1) is 5.82 Å². The van der Waals surface area contributed by atoms with Crippen LogP contribution in [0.4, 0.5) is 4.39 Å². The number of hydrogen-bond acceptors (Lipinski definition) is 4. The van der Waals surface area contributed by atoms with E-state index in [4.69, 9.17) is 16.3 Å². The number of benzene rings is 2. The van der Waals surface area contributed by atoms with Gasteiger partial charge in [0.1, 0.15) is 11.6 Å². The minimum absolute atomic E-state index is 0.0623. The number of aliphatic hydroxyl groups excluding tert-OH is 1. The number of ketones is 1. The first-order valence-electron chi connectivity index (χ1n) is 9.37. The van der Waals surface area contributed by atoms with E-state index in [1.54, 1.807) is 24.3 Å². The zero-order valence-corrected chi connectivity index (χ0v) is 16.2. The largest absolute Gasteiger partial charge is 0.507 e. The molecule has 0 bridgehead atoms. The van der Waals surface area contributed by atoms with Crippen molar-refractivity contribution in [2.24, 2.45) is 0 Å². The van der Waals surface area contributed by atoms with Crippen LogP contribution >= 0.6 is 11.6 Å². The smallest absolute Gasteiger partial charge is 0.295 e. The van der Waals surface area contributed by atoms with Crippen LogP contribution in [0.3, 0.4) is 0 Å². The zero-order chi connectivity index (χ0) is 20.5.